The Kier molecular flexibility index (Phi) is 4.93. The van der Waals surface area contributed by atoms with Gasteiger partial charge in [0.25, 0.3) is 11.8 Å². The Balaban J connectivity index is 2.02. The summed E-state index contributed by atoms with van der Waals surface area (Å²) >= 11 is 0. The fourth-order valence-corrected chi connectivity index (χ4v) is 2.53. The number of azo groups is 1. The number of allylic oxidation sites excluding steroid dienone is 2. The first-order valence-corrected chi connectivity index (χ1v) is 8.23. The highest BCUT2D eigenvalue weighted by Gasteiger charge is 2.47. The van der Waals surface area contributed by atoms with E-state index in [9.17, 15) is 13.6 Å². The lowest BCUT2D eigenvalue weighted by Crippen LogP contribution is -2.58. The zero-order valence-electron chi connectivity index (χ0n) is 14.9. The Labute approximate surface area is 154 Å². The molecule has 0 aromatic carbocycles. The van der Waals surface area contributed by atoms with Crippen LogP contribution in [-0.2, 0) is 0 Å². The maximum Gasteiger partial charge on any atom is 0.282 e. The van der Waals surface area contributed by atoms with Crippen LogP contribution in [0.1, 0.15) is 24.3 Å². The topological polar surface area (TPSA) is 75.7 Å². The molecule has 9 heteroatoms. The second-order valence-electron chi connectivity index (χ2n) is 6.14. The number of aromatic nitrogens is 3. The molecule has 0 N–H and O–H groups in total. The summed E-state index contributed by atoms with van der Waals surface area (Å²) in [5.74, 6) is -3.05. The smallest absolute Gasteiger partial charge is 0.282 e. The van der Waals surface area contributed by atoms with E-state index >= 15 is 0 Å². The van der Waals surface area contributed by atoms with Crippen LogP contribution in [0.25, 0.3) is 17.2 Å². The molecule has 0 bridgehead atoms. The molecular weight excluding hydrogens is 354 g/mol. The summed E-state index contributed by atoms with van der Waals surface area (Å²) in [6.45, 7) is 5.88. The lowest BCUT2D eigenvalue weighted by Gasteiger charge is -2.38. The largest absolute Gasteiger partial charge is 0.325 e. The zero-order chi connectivity index (χ0) is 19.6. The Hall–Kier alpha value is -3.23. The second kappa shape index (κ2) is 7.18. The number of hydrogen-bond donors (Lipinski definition) is 0. The van der Waals surface area contributed by atoms with Crippen molar-refractivity contribution in [2.24, 2.45) is 10.2 Å². The number of nitrogens with zero attached hydrogens (tertiary/aromatic N) is 6. The van der Waals surface area contributed by atoms with E-state index in [-0.39, 0.29) is 5.69 Å². The fourth-order valence-electron chi connectivity index (χ4n) is 2.53. The van der Waals surface area contributed by atoms with Gasteiger partial charge in [0.1, 0.15) is 0 Å². The zero-order valence-corrected chi connectivity index (χ0v) is 14.9. The van der Waals surface area contributed by atoms with Crippen LogP contribution in [0.3, 0.4) is 0 Å². The number of pyridine rings is 1. The summed E-state index contributed by atoms with van der Waals surface area (Å²) < 4.78 is 27.6. The molecule has 3 rings (SSSR count). The first-order chi connectivity index (χ1) is 12.8. The van der Waals surface area contributed by atoms with Crippen molar-refractivity contribution >= 4 is 11.7 Å². The molecule has 1 aliphatic rings. The summed E-state index contributed by atoms with van der Waals surface area (Å²) in [6, 6.07) is 6.82. The SMILES string of the molecule is C=C(C)/N=N\C(=C/C)n1nc(C(=O)N2CC(F)(F)C2)cc1-c1ccccn1. The maximum absolute atomic E-state index is 13.1. The lowest BCUT2D eigenvalue weighted by atomic mass is 10.1. The molecule has 140 valence electrons. The predicted octanol–water partition coefficient (Wildman–Crippen LogP) is 3.84. The van der Waals surface area contributed by atoms with E-state index in [1.165, 1.54) is 10.7 Å². The standard InChI is InChI=1S/C18H18F2N6O/c1-4-16(23-22-12(2)3)26-15(13-7-5-6-8-21-13)9-14(24-26)17(27)25-10-18(19,20)11-25/h4-9H,2,10-11H2,1,3H3/b16-4+,23-22-. The third-order valence-electron chi connectivity index (χ3n) is 3.79. The maximum atomic E-state index is 13.1. The number of likely N-dealkylation sites (tertiary alicyclic amines) is 1. The molecule has 1 fully saturated rings. The number of carbonyl (C=O) groups excluding carboxylic acids is 1. The van der Waals surface area contributed by atoms with Crippen LogP contribution in [0.15, 0.2) is 59.0 Å². The van der Waals surface area contributed by atoms with Crippen molar-refractivity contribution < 1.29 is 13.6 Å². The van der Waals surface area contributed by atoms with E-state index in [0.29, 0.717) is 22.9 Å². The second-order valence-corrected chi connectivity index (χ2v) is 6.14. The summed E-state index contributed by atoms with van der Waals surface area (Å²) in [7, 11) is 0. The molecule has 27 heavy (non-hydrogen) atoms. The van der Waals surface area contributed by atoms with Gasteiger partial charge in [0.15, 0.2) is 11.5 Å². The minimum absolute atomic E-state index is 0.0380. The van der Waals surface area contributed by atoms with Crippen molar-refractivity contribution in [2.45, 2.75) is 19.8 Å². The third kappa shape index (κ3) is 3.97. The van der Waals surface area contributed by atoms with Crippen LogP contribution in [-0.4, -0.2) is 44.6 Å². The van der Waals surface area contributed by atoms with Gasteiger partial charge in [-0.3, -0.25) is 9.78 Å². The van der Waals surface area contributed by atoms with Crippen LogP contribution < -0.4 is 0 Å². The molecule has 2 aromatic rings. The third-order valence-corrected chi connectivity index (χ3v) is 3.79. The van der Waals surface area contributed by atoms with Crippen LogP contribution >= 0.6 is 0 Å². The van der Waals surface area contributed by atoms with Crippen molar-refractivity contribution in [3.05, 3.63) is 54.5 Å². The summed E-state index contributed by atoms with van der Waals surface area (Å²) in [4.78, 5) is 17.8. The van der Waals surface area contributed by atoms with Gasteiger partial charge in [0, 0.05) is 6.20 Å². The van der Waals surface area contributed by atoms with Gasteiger partial charge < -0.3 is 4.90 Å². The number of hydrogen-bond acceptors (Lipinski definition) is 5. The van der Waals surface area contributed by atoms with E-state index in [2.05, 4.69) is 26.9 Å². The van der Waals surface area contributed by atoms with Crippen molar-refractivity contribution in [3.63, 3.8) is 0 Å². The van der Waals surface area contributed by atoms with Crippen molar-refractivity contribution in [1.29, 1.82) is 0 Å². The van der Waals surface area contributed by atoms with E-state index in [1.54, 1.807) is 44.3 Å². The van der Waals surface area contributed by atoms with E-state index in [4.69, 9.17) is 0 Å². The molecule has 0 aliphatic carbocycles. The molecule has 1 aliphatic heterocycles. The summed E-state index contributed by atoms with van der Waals surface area (Å²) in [5.41, 5.74) is 1.60. The van der Waals surface area contributed by atoms with E-state index in [0.717, 1.165) is 4.90 Å². The van der Waals surface area contributed by atoms with Gasteiger partial charge in [0.2, 0.25) is 0 Å². The van der Waals surface area contributed by atoms with Crippen molar-refractivity contribution in [1.82, 2.24) is 19.7 Å². The Bertz CT molecular complexity index is 925. The average Bonchev–Trinajstić information content (AvgIpc) is 3.05. The van der Waals surface area contributed by atoms with Gasteiger partial charge in [-0.2, -0.15) is 10.2 Å². The first-order valence-electron chi connectivity index (χ1n) is 8.23. The normalized spacial score (nSPS) is 16.4. The van der Waals surface area contributed by atoms with Gasteiger partial charge in [-0.25, -0.2) is 13.5 Å². The molecule has 0 unspecified atom stereocenters. The highest BCUT2D eigenvalue weighted by molar-refractivity contribution is 5.94. The molecule has 1 amide bonds. The molecule has 0 radical (unpaired) electrons. The molecule has 0 saturated carbocycles. The minimum atomic E-state index is -2.84. The molecular formula is C18H18F2N6O. The van der Waals surface area contributed by atoms with Crippen LogP contribution in [0.4, 0.5) is 8.78 Å². The molecule has 2 aromatic heterocycles. The summed E-state index contributed by atoms with van der Waals surface area (Å²) in [5, 5.41) is 12.3. The van der Waals surface area contributed by atoms with E-state index < -0.39 is 24.9 Å². The Morgan fingerprint density at radius 2 is 2.07 bits per heavy atom. The monoisotopic (exact) mass is 372 g/mol. The quantitative estimate of drug-likeness (QED) is 0.748. The minimum Gasteiger partial charge on any atom is -0.325 e. The van der Waals surface area contributed by atoms with Crippen LogP contribution in [0.2, 0.25) is 0 Å². The van der Waals surface area contributed by atoms with Crippen LogP contribution in [0, 0.1) is 0 Å². The Morgan fingerprint density at radius 3 is 2.63 bits per heavy atom. The highest BCUT2D eigenvalue weighted by Crippen LogP contribution is 2.29. The highest BCUT2D eigenvalue weighted by atomic mass is 19.3. The van der Waals surface area contributed by atoms with Gasteiger partial charge in [-0.05, 0) is 38.1 Å². The molecule has 1 saturated heterocycles. The predicted molar refractivity (Wildman–Crippen MR) is 95.9 cm³/mol. The fraction of sp³-hybridized carbons (Fsp3) is 0.278. The summed E-state index contributed by atoms with van der Waals surface area (Å²) in [6.07, 6.45) is 3.27. The molecule has 0 spiro atoms. The number of carbonyl (C=O) groups is 1. The van der Waals surface area contributed by atoms with Gasteiger partial charge in [-0.1, -0.05) is 12.6 Å². The Morgan fingerprint density at radius 1 is 1.33 bits per heavy atom. The van der Waals surface area contributed by atoms with Gasteiger partial charge >= 0.3 is 0 Å². The molecule has 3 heterocycles. The van der Waals surface area contributed by atoms with Gasteiger partial charge in [-0.15, -0.1) is 5.11 Å². The number of amides is 1. The lowest BCUT2D eigenvalue weighted by molar-refractivity contribution is -0.113. The number of halogens is 2. The first kappa shape index (κ1) is 18.6. The average molecular weight is 372 g/mol. The van der Waals surface area contributed by atoms with Crippen molar-refractivity contribution in [3.8, 4) is 11.4 Å². The van der Waals surface area contributed by atoms with Crippen molar-refractivity contribution in [2.75, 3.05) is 13.1 Å². The molecule has 7 nitrogen and oxygen atoms in total. The number of rotatable bonds is 5. The van der Waals surface area contributed by atoms with Gasteiger partial charge in [0.05, 0.1) is 30.2 Å². The van der Waals surface area contributed by atoms with E-state index in [1.807, 2.05) is 0 Å². The van der Waals surface area contributed by atoms with Crippen LogP contribution in [0.5, 0.6) is 0 Å². The molecule has 0 atom stereocenters. The number of alkyl halides is 2.